The number of hydrogen-bond acceptors (Lipinski definition) is 5. The molecule has 7 heteroatoms. The van der Waals surface area contributed by atoms with E-state index in [1.54, 1.807) is 17.8 Å². The van der Waals surface area contributed by atoms with Gasteiger partial charge in [0.25, 0.3) is 0 Å². The van der Waals surface area contributed by atoms with Crippen molar-refractivity contribution in [1.82, 2.24) is 24.5 Å². The number of imidazole rings is 1. The predicted molar refractivity (Wildman–Crippen MR) is 76.9 cm³/mol. The van der Waals surface area contributed by atoms with Crippen LogP contribution in [0.25, 0.3) is 0 Å². The van der Waals surface area contributed by atoms with Gasteiger partial charge in [-0.2, -0.15) is 0 Å². The minimum absolute atomic E-state index is 0.332. The van der Waals surface area contributed by atoms with Crippen LogP contribution in [0.4, 0.5) is 0 Å². The van der Waals surface area contributed by atoms with Crippen molar-refractivity contribution in [3.8, 4) is 0 Å². The third-order valence-corrected chi connectivity index (χ3v) is 3.26. The van der Waals surface area contributed by atoms with E-state index in [9.17, 15) is 4.79 Å². The summed E-state index contributed by atoms with van der Waals surface area (Å²) >= 11 is 0. The number of aryl methyl sites for hydroxylation is 3. The summed E-state index contributed by atoms with van der Waals surface area (Å²) in [4.78, 5) is 16.2. The first-order chi connectivity index (χ1) is 10.2. The summed E-state index contributed by atoms with van der Waals surface area (Å²) in [7, 11) is 1.96. The first-order valence-corrected chi connectivity index (χ1v) is 7.23. The van der Waals surface area contributed by atoms with Crippen molar-refractivity contribution >= 4 is 5.97 Å². The second-order valence-electron chi connectivity index (χ2n) is 4.78. The molecule has 0 aromatic carbocycles. The van der Waals surface area contributed by atoms with Crippen molar-refractivity contribution in [3.63, 3.8) is 0 Å². The van der Waals surface area contributed by atoms with E-state index in [0.717, 1.165) is 30.8 Å². The van der Waals surface area contributed by atoms with Crippen LogP contribution in [0, 0.1) is 0 Å². The highest BCUT2D eigenvalue weighted by Crippen LogP contribution is 2.11. The van der Waals surface area contributed by atoms with Gasteiger partial charge in [-0.3, -0.25) is 0 Å². The molecule has 0 aliphatic carbocycles. The van der Waals surface area contributed by atoms with E-state index in [-0.39, 0.29) is 0 Å². The van der Waals surface area contributed by atoms with Crippen LogP contribution >= 0.6 is 0 Å². The second kappa shape index (κ2) is 7.01. The molecular formula is C14H21N5O2. The lowest BCUT2D eigenvalue weighted by Crippen LogP contribution is -2.13. The Morgan fingerprint density at radius 3 is 2.76 bits per heavy atom. The Balaban J connectivity index is 2.15. The fraction of sp³-hybridized carbons (Fsp3) is 0.571. The summed E-state index contributed by atoms with van der Waals surface area (Å²) in [5, 5.41) is 8.08. The van der Waals surface area contributed by atoms with Gasteiger partial charge < -0.3 is 9.30 Å². The highest BCUT2D eigenvalue weighted by Gasteiger charge is 2.20. The average Bonchev–Trinajstić information content (AvgIpc) is 3.04. The van der Waals surface area contributed by atoms with Crippen LogP contribution in [-0.4, -0.2) is 37.1 Å². The molecule has 7 nitrogen and oxygen atoms in total. The van der Waals surface area contributed by atoms with Crippen molar-refractivity contribution in [3.05, 3.63) is 29.6 Å². The van der Waals surface area contributed by atoms with Gasteiger partial charge in [-0.15, -0.1) is 5.10 Å². The van der Waals surface area contributed by atoms with Gasteiger partial charge in [0.15, 0.2) is 5.69 Å². The van der Waals surface area contributed by atoms with Crippen molar-refractivity contribution < 1.29 is 9.53 Å². The molecule has 114 valence electrons. The Morgan fingerprint density at radius 2 is 2.14 bits per heavy atom. The number of aromatic nitrogens is 5. The van der Waals surface area contributed by atoms with Crippen LogP contribution < -0.4 is 0 Å². The fourth-order valence-corrected chi connectivity index (χ4v) is 2.20. The molecular weight excluding hydrogens is 270 g/mol. The molecule has 0 fully saturated rings. The molecule has 21 heavy (non-hydrogen) atoms. The summed E-state index contributed by atoms with van der Waals surface area (Å²) in [6.45, 7) is 4.82. The molecule has 0 aliphatic rings. The van der Waals surface area contributed by atoms with Gasteiger partial charge in [0.2, 0.25) is 0 Å². The molecule has 0 atom stereocenters. The molecule has 0 unspecified atom stereocenters. The van der Waals surface area contributed by atoms with Crippen LogP contribution in [0.3, 0.4) is 0 Å². The minimum Gasteiger partial charge on any atom is -0.461 e. The van der Waals surface area contributed by atoms with Crippen LogP contribution in [0.15, 0.2) is 12.4 Å². The summed E-state index contributed by atoms with van der Waals surface area (Å²) in [6.07, 6.45) is 6.09. The zero-order valence-corrected chi connectivity index (χ0v) is 12.7. The number of rotatable bonds is 7. The molecule has 2 heterocycles. The first kappa shape index (κ1) is 15.2. The standard InChI is InChI=1S/C14H21N5O2/c1-4-6-11-13(14(20)21-5-2)16-17-19(11)9-7-12-15-8-10-18(12)3/h8,10H,4-7,9H2,1-3H3. The fourth-order valence-electron chi connectivity index (χ4n) is 2.20. The highest BCUT2D eigenvalue weighted by molar-refractivity contribution is 5.88. The van der Waals surface area contributed by atoms with E-state index in [0.29, 0.717) is 18.8 Å². The normalized spacial score (nSPS) is 10.8. The van der Waals surface area contributed by atoms with Crippen molar-refractivity contribution in [2.75, 3.05) is 6.61 Å². The lowest BCUT2D eigenvalue weighted by atomic mass is 10.2. The lowest BCUT2D eigenvalue weighted by molar-refractivity contribution is 0.0518. The van der Waals surface area contributed by atoms with Crippen molar-refractivity contribution in [1.29, 1.82) is 0 Å². The maximum atomic E-state index is 11.9. The smallest absolute Gasteiger partial charge is 0.360 e. The van der Waals surface area contributed by atoms with E-state index in [4.69, 9.17) is 4.74 Å². The average molecular weight is 291 g/mol. The quantitative estimate of drug-likeness (QED) is 0.720. The molecule has 0 saturated heterocycles. The molecule has 0 saturated carbocycles. The van der Waals surface area contributed by atoms with Crippen molar-refractivity contribution in [2.45, 2.75) is 39.7 Å². The number of carbonyl (C=O) groups is 1. The Hall–Kier alpha value is -2.18. The van der Waals surface area contributed by atoms with Gasteiger partial charge in [-0.05, 0) is 13.3 Å². The van der Waals surface area contributed by atoms with E-state index in [2.05, 4.69) is 22.2 Å². The maximum Gasteiger partial charge on any atom is 0.360 e. The lowest BCUT2D eigenvalue weighted by Gasteiger charge is -2.07. The Bertz CT molecular complexity index is 602. The third kappa shape index (κ3) is 3.48. The van der Waals surface area contributed by atoms with Gasteiger partial charge in [0.05, 0.1) is 18.8 Å². The van der Waals surface area contributed by atoms with E-state index < -0.39 is 5.97 Å². The third-order valence-electron chi connectivity index (χ3n) is 3.26. The van der Waals surface area contributed by atoms with E-state index in [1.165, 1.54) is 0 Å². The molecule has 0 spiro atoms. The zero-order chi connectivity index (χ0) is 15.2. The number of nitrogens with zero attached hydrogens (tertiary/aromatic N) is 5. The molecule has 2 aromatic heterocycles. The van der Waals surface area contributed by atoms with Gasteiger partial charge in [0.1, 0.15) is 5.82 Å². The number of hydrogen-bond donors (Lipinski definition) is 0. The van der Waals surface area contributed by atoms with Gasteiger partial charge >= 0.3 is 5.97 Å². The van der Waals surface area contributed by atoms with Gasteiger partial charge in [0, 0.05) is 25.9 Å². The molecule has 0 amide bonds. The molecule has 2 rings (SSSR count). The Kier molecular flexibility index (Phi) is 5.08. The first-order valence-electron chi connectivity index (χ1n) is 7.23. The molecule has 0 radical (unpaired) electrons. The van der Waals surface area contributed by atoms with Crippen LogP contribution in [0.5, 0.6) is 0 Å². The van der Waals surface area contributed by atoms with E-state index >= 15 is 0 Å². The Morgan fingerprint density at radius 1 is 1.33 bits per heavy atom. The molecule has 2 aromatic rings. The van der Waals surface area contributed by atoms with Crippen LogP contribution in [0.2, 0.25) is 0 Å². The summed E-state index contributed by atoms with van der Waals surface area (Å²) in [5.41, 5.74) is 1.17. The molecule has 0 aliphatic heterocycles. The summed E-state index contributed by atoms with van der Waals surface area (Å²) in [6, 6.07) is 0. The summed E-state index contributed by atoms with van der Waals surface area (Å²) in [5.74, 6) is 0.579. The van der Waals surface area contributed by atoms with Crippen LogP contribution in [-0.2, 0) is 31.2 Å². The molecule has 0 N–H and O–H groups in total. The van der Waals surface area contributed by atoms with Crippen molar-refractivity contribution in [2.24, 2.45) is 7.05 Å². The number of ether oxygens (including phenoxy) is 1. The monoisotopic (exact) mass is 291 g/mol. The largest absolute Gasteiger partial charge is 0.461 e. The topological polar surface area (TPSA) is 74.8 Å². The van der Waals surface area contributed by atoms with E-state index in [1.807, 2.05) is 17.8 Å². The Labute approximate surface area is 123 Å². The number of carbonyl (C=O) groups excluding carboxylic acids is 1. The zero-order valence-electron chi connectivity index (χ0n) is 12.7. The summed E-state index contributed by atoms with van der Waals surface area (Å²) < 4.78 is 8.78. The predicted octanol–water partition coefficient (Wildman–Crippen LogP) is 1.38. The minimum atomic E-state index is -0.399. The van der Waals surface area contributed by atoms with Gasteiger partial charge in [-0.25, -0.2) is 14.5 Å². The second-order valence-corrected chi connectivity index (χ2v) is 4.78. The van der Waals surface area contributed by atoms with Crippen LogP contribution in [0.1, 0.15) is 42.3 Å². The highest BCUT2D eigenvalue weighted by atomic mass is 16.5. The van der Waals surface area contributed by atoms with Gasteiger partial charge in [-0.1, -0.05) is 18.6 Å². The molecule has 0 bridgehead atoms. The SMILES string of the molecule is CCCc1c(C(=O)OCC)nnn1CCc1nccn1C. The maximum absolute atomic E-state index is 11.9. The number of esters is 1.